The number of benzene rings is 1. The third-order valence-corrected chi connectivity index (χ3v) is 5.45. The zero-order valence-electron chi connectivity index (χ0n) is 11.7. The van der Waals surface area contributed by atoms with Gasteiger partial charge in [-0.3, -0.25) is 0 Å². The van der Waals surface area contributed by atoms with Crippen LogP contribution in [0.1, 0.15) is 44.5 Å². The Morgan fingerprint density at radius 3 is 2.95 bits per heavy atom. The van der Waals surface area contributed by atoms with Gasteiger partial charge in [0.1, 0.15) is 6.23 Å². The van der Waals surface area contributed by atoms with Crippen LogP contribution in [-0.2, 0) is 10.2 Å². The Labute approximate surface area is 114 Å². The van der Waals surface area contributed by atoms with Gasteiger partial charge in [0.25, 0.3) is 0 Å². The van der Waals surface area contributed by atoms with Gasteiger partial charge in [0.15, 0.2) is 0 Å². The first-order valence-corrected chi connectivity index (χ1v) is 7.39. The molecule has 1 aromatic heterocycles. The molecule has 0 N–H and O–H groups in total. The van der Waals surface area contributed by atoms with Crippen molar-refractivity contribution in [2.45, 2.75) is 44.2 Å². The minimum atomic E-state index is 0.222. The van der Waals surface area contributed by atoms with Crippen LogP contribution in [0, 0.1) is 5.92 Å². The normalized spacial score (nSPS) is 33.4. The van der Waals surface area contributed by atoms with Crippen molar-refractivity contribution < 1.29 is 4.74 Å². The predicted octanol–water partition coefficient (Wildman–Crippen LogP) is 4.25. The zero-order chi connectivity index (χ0) is 13.0. The highest BCUT2D eigenvalue weighted by Crippen LogP contribution is 2.55. The fourth-order valence-corrected chi connectivity index (χ4v) is 4.48. The fourth-order valence-electron chi connectivity index (χ4n) is 4.48. The number of aromatic nitrogens is 1. The summed E-state index contributed by atoms with van der Waals surface area (Å²) in [5, 5.41) is 1.35. The van der Waals surface area contributed by atoms with E-state index in [9.17, 15) is 0 Å². The Kier molecular flexibility index (Phi) is 2.34. The van der Waals surface area contributed by atoms with Gasteiger partial charge in [-0.15, -0.1) is 0 Å². The smallest absolute Gasteiger partial charge is 0.137 e. The van der Waals surface area contributed by atoms with Crippen molar-refractivity contribution in [1.82, 2.24) is 4.57 Å². The molecule has 19 heavy (non-hydrogen) atoms. The van der Waals surface area contributed by atoms with Crippen LogP contribution in [0.5, 0.6) is 0 Å². The van der Waals surface area contributed by atoms with E-state index in [4.69, 9.17) is 4.74 Å². The van der Waals surface area contributed by atoms with Crippen LogP contribution in [0.25, 0.3) is 10.9 Å². The maximum atomic E-state index is 5.90. The molecule has 1 aliphatic carbocycles. The molecule has 2 nitrogen and oxygen atoms in total. The first-order chi connectivity index (χ1) is 9.25. The average molecular weight is 255 g/mol. The highest BCUT2D eigenvalue weighted by molar-refractivity contribution is 5.82. The van der Waals surface area contributed by atoms with E-state index in [1.807, 2.05) is 7.11 Å². The van der Waals surface area contributed by atoms with Crippen LogP contribution in [0.4, 0.5) is 0 Å². The molecule has 2 heterocycles. The molecule has 0 spiro atoms. The number of fused-ring (bicyclic) bond motifs is 5. The molecule has 2 heteroatoms. The summed E-state index contributed by atoms with van der Waals surface area (Å²) in [6.45, 7) is 2.44. The number of nitrogens with zero attached hydrogens (tertiary/aromatic N) is 1. The number of para-hydroxylation sites is 1. The van der Waals surface area contributed by atoms with Crippen LogP contribution in [-0.4, -0.2) is 11.7 Å². The summed E-state index contributed by atoms with van der Waals surface area (Å²) >= 11 is 0. The first kappa shape index (κ1) is 11.5. The minimum absolute atomic E-state index is 0.222. The highest BCUT2D eigenvalue weighted by atomic mass is 16.5. The molecular weight excluding hydrogens is 234 g/mol. The number of ether oxygens (including phenoxy) is 1. The van der Waals surface area contributed by atoms with Crippen molar-refractivity contribution in [2.75, 3.05) is 7.11 Å². The molecule has 4 rings (SSSR count). The first-order valence-electron chi connectivity index (χ1n) is 7.39. The topological polar surface area (TPSA) is 14.2 Å². The average Bonchev–Trinajstić information content (AvgIpc) is 2.92. The Morgan fingerprint density at radius 2 is 2.11 bits per heavy atom. The van der Waals surface area contributed by atoms with Gasteiger partial charge in [-0.1, -0.05) is 38.0 Å². The van der Waals surface area contributed by atoms with Crippen molar-refractivity contribution in [3.8, 4) is 0 Å². The van der Waals surface area contributed by atoms with Crippen LogP contribution in [0.2, 0.25) is 0 Å². The minimum Gasteiger partial charge on any atom is -0.361 e. The summed E-state index contributed by atoms with van der Waals surface area (Å²) in [5.74, 6) is 0.644. The zero-order valence-corrected chi connectivity index (χ0v) is 11.7. The lowest BCUT2D eigenvalue weighted by molar-refractivity contribution is -0.0158. The van der Waals surface area contributed by atoms with Gasteiger partial charge in [-0.05, 0) is 30.4 Å². The number of rotatable bonds is 1. The molecule has 100 valence electrons. The molecule has 0 unspecified atom stereocenters. The quantitative estimate of drug-likeness (QED) is 0.743. The summed E-state index contributed by atoms with van der Waals surface area (Å²) in [4.78, 5) is 0. The van der Waals surface area contributed by atoms with Gasteiger partial charge in [0.2, 0.25) is 0 Å². The molecule has 0 saturated heterocycles. The van der Waals surface area contributed by atoms with E-state index in [2.05, 4.69) is 41.8 Å². The van der Waals surface area contributed by atoms with E-state index in [0.717, 1.165) is 0 Å². The number of methoxy groups -OCH3 is 1. The fraction of sp³-hybridized carbons (Fsp3) is 0.529. The second-order valence-electron chi connectivity index (χ2n) is 6.35. The Hall–Kier alpha value is -1.28. The Balaban J connectivity index is 2.00. The monoisotopic (exact) mass is 255 g/mol. The van der Waals surface area contributed by atoms with Gasteiger partial charge >= 0.3 is 0 Å². The van der Waals surface area contributed by atoms with E-state index in [1.54, 1.807) is 0 Å². The van der Waals surface area contributed by atoms with Crippen molar-refractivity contribution in [2.24, 2.45) is 5.92 Å². The van der Waals surface area contributed by atoms with E-state index in [-0.39, 0.29) is 6.23 Å². The molecule has 3 atom stereocenters. The van der Waals surface area contributed by atoms with E-state index < -0.39 is 0 Å². The summed E-state index contributed by atoms with van der Waals surface area (Å²) in [7, 11) is 1.86. The maximum absolute atomic E-state index is 5.90. The van der Waals surface area contributed by atoms with Gasteiger partial charge in [0.05, 0.1) is 5.52 Å². The number of hydrogen-bond donors (Lipinski definition) is 0. The summed E-state index contributed by atoms with van der Waals surface area (Å²) in [6.07, 6.45) is 5.52. The molecule has 1 saturated carbocycles. The van der Waals surface area contributed by atoms with Gasteiger partial charge in [0, 0.05) is 24.1 Å². The molecule has 1 fully saturated rings. The summed E-state index contributed by atoms with van der Waals surface area (Å²) in [5.41, 5.74) is 3.13. The van der Waals surface area contributed by atoms with Crippen LogP contribution >= 0.6 is 0 Å². The van der Waals surface area contributed by atoms with Crippen molar-refractivity contribution in [1.29, 1.82) is 0 Å². The standard InChI is InChI=1S/C17H21NO/c1-17-10-6-5-8-13(17)16(19-2)18-14-9-4-3-7-12(14)11-15(17)18/h3-4,7,9,11,13,16H,5-6,8,10H2,1-2H3/t13-,16-,17-/m0/s1. The molecule has 0 radical (unpaired) electrons. The van der Waals surface area contributed by atoms with Gasteiger partial charge in [-0.2, -0.15) is 0 Å². The van der Waals surface area contributed by atoms with Crippen LogP contribution < -0.4 is 0 Å². The molecule has 2 aliphatic rings. The summed E-state index contributed by atoms with van der Waals surface area (Å²) in [6, 6.07) is 11.1. The third-order valence-electron chi connectivity index (χ3n) is 5.45. The summed E-state index contributed by atoms with van der Waals surface area (Å²) < 4.78 is 8.37. The molecule has 0 amide bonds. The molecular formula is C17H21NO. The second kappa shape index (κ2) is 3.86. The van der Waals surface area contributed by atoms with E-state index in [0.29, 0.717) is 11.3 Å². The molecule has 1 aliphatic heterocycles. The van der Waals surface area contributed by atoms with Crippen LogP contribution in [0.3, 0.4) is 0 Å². The van der Waals surface area contributed by atoms with Crippen molar-refractivity contribution >= 4 is 10.9 Å². The van der Waals surface area contributed by atoms with E-state index >= 15 is 0 Å². The predicted molar refractivity (Wildman–Crippen MR) is 77.3 cm³/mol. The van der Waals surface area contributed by atoms with Crippen LogP contribution in [0.15, 0.2) is 30.3 Å². The van der Waals surface area contributed by atoms with Crippen molar-refractivity contribution in [3.05, 3.63) is 36.0 Å². The van der Waals surface area contributed by atoms with E-state index in [1.165, 1.54) is 42.3 Å². The highest BCUT2D eigenvalue weighted by Gasteiger charge is 2.51. The molecule has 0 bridgehead atoms. The lowest BCUT2D eigenvalue weighted by Crippen LogP contribution is -2.33. The lowest BCUT2D eigenvalue weighted by atomic mass is 9.67. The Morgan fingerprint density at radius 1 is 1.26 bits per heavy atom. The Bertz CT molecular complexity index is 629. The van der Waals surface area contributed by atoms with Crippen molar-refractivity contribution in [3.63, 3.8) is 0 Å². The number of hydrogen-bond acceptors (Lipinski definition) is 1. The molecule has 2 aromatic rings. The molecule has 1 aromatic carbocycles. The third kappa shape index (κ3) is 1.35. The van der Waals surface area contributed by atoms with Gasteiger partial charge < -0.3 is 9.30 Å². The lowest BCUT2D eigenvalue weighted by Gasteiger charge is -2.37. The maximum Gasteiger partial charge on any atom is 0.137 e. The van der Waals surface area contributed by atoms with Gasteiger partial charge in [-0.25, -0.2) is 0 Å². The second-order valence-corrected chi connectivity index (χ2v) is 6.35. The largest absolute Gasteiger partial charge is 0.361 e. The SMILES string of the molecule is CO[C@H]1[C@@H]2CCCC[C@]2(C)c2cc3ccccc3n21.